The molecule has 0 bridgehead atoms. The van der Waals surface area contributed by atoms with Crippen LogP contribution in [0.25, 0.3) is 0 Å². The van der Waals surface area contributed by atoms with E-state index in [2.05, 4.69) is 29.0 Å². The summed E-state index contributed by atoms with van der Waals surface area (Å²) in [7, 11) is 1.71. The van der Waals surface area contributed by atoms with Gasteiger partial charge in [-0.25, -0.2) is 0 Å². The van der Waals surface area contributed by atoms with Crippen molar-refractivity contribution in [3.63, 3.8) is 0 Å². The van der Waals surface area contributed by atoms with Crippen LogP contribution in [0.4, 0.5) is 0 Å². The lowest BCUT2D eigenvalue weighted by Crippen LogP contribution is -2.34. The Balaban J connectivity index is 1.72. The Hall–Kier alpha value is -2.51. The summed E-state index contributed by atoms with van der Waals surface area (Å²) in [5.74, 6) is 9.22. The van der Waals surface area contributed by atoms with Gasteiger partial charge < -0.3 is 15.2 Å². The van der Waals surface area contributed by atoms with E-state index in [1.807, 2.05) is 18.2 Å². The van der Waals surface area contributed by atoms with Gasteiger partial charge in [0.1, 0.15) is 0 Å². The molecule has 0 aliphatic heterocycles. The normalized spacial score (nSPS) is 24.1. The minimum atomic E-state index is -0.217. The van der Waals surface area contributed by atoms with Crippen molar-refractivity contribution in [2.24, 2.45) is 11.7 Å². The quantitative estimate of drug-likeness (QED) is 0.724. The Kier molecular flexibility index (Phi) is 6.59. The molecule has 1 aromatic heterocycles. The third-order valence-corrected chi connectivity index (χ3v) is 6.62. The maximum Gasteiger partial charge on any atom is 0.161 e. The largest absolute Gasteiger partial charge is 0.493 e. The van der Waals surface area contributed by atoms with E-state index in [0.717, 1.165) is 49.2 Å². The number of hydrogen-bond acceptors (Lipinski definition) is 4. The van der Waals surface area contributed by atoms with Crippen molar-refractivity contribution < 1.29 is 9.47 Å². The van der Waals surface area contributed by atoms with Crippen LogP contribution >= 0.6 is 0 Å². The lowest BCUT2D eigenvalue weighted by molar-refractivity contribution is 0.199. The molecule has 4 nitrogen and oxygen atoms in total. The molecular formula is C26H32N2O2. The van der Waals surface area contributed by atoms with Crippen molar-refractivity contribution in [1.29, 1.82) is 0 Å². The van der Waals surface area contributed by atoms with E-state index in [9.17, 15) is 0 Å². The van der Waals surface area contributed by atoms with E-state index in [1.165, 1.54) is 24.8 Å². The average molecular weight is 405 g/mol. The van der Waals surface area contributed by atoms with Gasteiger partial charge in [0.05, 0.1) is 18.6 Å². The summed E-state index contributed by atoms with van der Waals surface area (Å²) in [6.07, 6.45) is 12.9. The topological polar surface area (TPSA) is 57.4 Å². The maximum atomic E-state index is 6.38. The van der Waals surface area contributed by atoms with Crippen LogP contribution in [0, 0.1) is 17.8 Å². The van der Waals surface area contributed by atoms with Crippen molar-refractivity contribution in [3.8, 4) is 23.3 Å². The lowest BCUT2D eigenvalue weighted by Gasteiger charge is -2.38. The van der Waals surface area contributed by atoms with Crippen LogP contribution in [0.5, 0.6) is 11.5 Å². The van der Waals surface area contributed by atoms with Gasteiger partial charge in [0.15, 0.2) is 11.5 Å². The molecule has 2 aliphatic rings. The van der Waals surface area contributed by atoms with Crippen LogP contribution in [0.15, 0.2) is 42.7 Å². The maximum absolute atomic E-state index is 6.38. The second-order valence-corrected chi connectivity index (χ2v) is 8.66. The van der Waals surface area contributed by atoms with E-state index >= 15 is 0 Å². The van der Waals surface area contributed by atoms with Crippen LogP contribution < -0.4 is 15.2 Å². The summed E-state index contributed by atoms with van der Waals surface area (Å²) in [5.41, 5.74) is 8.09. The number of rotatable bonds is 5. The SMILES string of the molecule is COc1ccc([C@]2(C#Cc3ccncc3)CCC[C@@H](CN)C2)cc1OC1CCCC1. The highest BCUT2D eigenvalue weighted by atomic mass is 16.5. The highest BCUT2D eigenvalue weighted by molar-refractivity contribution is 5.49. The molecule has 0 radical (unpaired) electrons. The zero-order valence-corrected chi connectivity index (χ0v) is 17.9. The molecule has 2 aliphatic carbocycles. The fraction of sp³-hybridized carbons (Fsp3) is 0.500. The van der Waals surface area contributed by atoms with Gasteiger partial charge in [-0.2, -0.15) is 0 Å². The second kappa shape index (κ2) is 9.53. The van der Waals surface area contributed by atoms with Gasteiger partial charge in [-0.05, 0) is 87.2 Å². The Morgan fingerprint density at radius 1 is 1.07 bits per heavy atom. The van der Waals surface area contributed by atoms with Crippen LogP contribution in [0.2, 0.25) is 0 Å². The van der Waals surface area contributed by atoms with E-state index in [0.29, 0.717) is 12.5 Å². The number of pyridine rings is 1. The van der Waals surface area contributed by atoms with E-state index in [1.54, 1.807) is 19.5 Å². The van der Waals surface area contributed by atoms with E-state index in [-0.39, 0.29) is 11.5 Å². The molecular weight excluding hydrogens is 372 g/mol. The molecule has 0 saturated heterocycles. The summed E-state index contributed by atoms with van der Waals surface area (Å²) in [6, 6.07) is 10.3. The van der Waals surface area contributed by atoms with Crippen LogP contribution in [0.3, 0.4) is 0 Å². The first-order valence-electron chi connectivity index (χ1n) is 11.2. The van der Waals surface area contributed by atoms with Gasteiger partial charge in [0.25, 0.3) is 0 Å². The first kappa shape index (κ1) is 20.8. The molecule has 1 heterocycles. The average Bonchev–Trinajstić information content (AvgIpc) is 3.31. The van der Waals surface area contributed by atoms with Gasteiger partial charge in [-0.15, -0.1) is 0 Å². The molecule has 2 saturated carbocycles. The fourth-order valence-electron chi connectivity index (χ4n) is 4.92. The second-order valence-electron chi connectivity index (χ2n) is 8.66. The highest BCUT2D eigenvalue weighted by Crippen LogP contribution is 2.44. The standard InChI is InChI=1S/C26H32N2O2/c1-29-24-9-8-22(17-25(24)30-23-6-2-3-7-23)26(13-4-5-21(18-26)19-27)14-10-20-11-15-28-16-12-20/h8-9,11-12,15-17,21,23H,2-7,13,18-19,27H2,1H3/t21-,26+/m1/s1. The number of ether oxygens (including phenoxy) is 2. The molecule has 30 heavy (non-hydrogen) atoms. The van der Waals surface area contributed by atoms with Crippen LogP contribution in [0.1, 0.15) is 62.5 Å². The van der Waals surface area contributed by atoms with Crippen molar-refractivity contribution in [3.05, 3.63) is 53.9 Å². The zero-order chi connectivity index (χ0) is 20.8. The Morgan fingerprint density at radius 3 is 2.60 bits per heavy atom. The third-order valence-electron chi connectivity index (χ3n) is 6.62. The first-order valence-corrected chi connectivity index (χ1v) is 11.2. The van der Waals surface area contributed by atoms with Gasteiger partial charge in [0, 0.05) is 18.0 Å². The Bertz CT molecular complexity index is 896. The molecule has 1 aromatic carbocycles. The van der Waals surface area contributed by atoms with E-state index in [4.69, 9.17) is 15.2 Å². The molecule has 2 aromatic rings. The predicted molar refractivity (Wildman–Crippen MR) is 120 cm³/mol. The summed E-state index contributed by atoms with van der Waals surface area (Å²) < 4.78 is 12.0. The van der Waals surface area contributed by atoms with Crippen molar-refractivity contribution in [2.45, 2.75) is 62.9 Å². The van der Waals surface area contributed by atoms with Crippen LogP contribution in [-0.2, 0) is 5.41 Å². The van der Waals surface area contributed by atoms with Crippen molar-refractivity contribution in [1.82, 2.24) is 4.98 Å². The number of hydrogen-bond donors (Lipinski definition) is 1. The highest BCUT2D eigenvalue weighted by Gasteiger charge is 2.37. The van der Waals surface area contributed by atoms with Crippen molar-refractivity contribution in [2.75, 3.05) is 13.7 Å². The van der Waals surface area contributed by atoms with Gasteiger partial charge in [0.2, 0.25) is 0 Å². The monoisotopic (exact) mass is 404 g/mol. The molecule has 2 atom stereocenters. The summed E-state index contributed by atoms with van der Waals surface area (Å²) in [4.78, 5) is 4.11. The van der Waals surface area contributed by atoms with Gasteiger partial charge >= 0.3 is 0 Å². The first-order chi connectivity index (χ1) is 14.7. The van der Waals surface area contributed by atoms with Gasteiger partial charge in [-0.1, -0.05) is 24.3 Å². The molecule has 2 fully saturated rings. The molecule has 4 heteroatoms. The summed E-state index contributed by atoms with van der Waals surface area (Å²) in [5, 5.41) is 0. The smallest absolute Gasteiger partial charge is 0.161 e. The molecule has 2 N–H and O–H groups in total. The number of methoxy groups -OCH3 is 1. The fourth-order valence-corrected chi connectivity index (χ4v) is 4.92. The minimum Gasteiger partial charge on any atom is -0.493 e. The molecule has 0 amide bonds. The summed E-state index contributed by atoms with van der Waals surface area (Å²) in [6.45, 7) is 0.709. The molecule has 0 unspecified atom stereocenters. The Morgan fingerprint density at radius 2 is 1.87 bits per heavy atom. The third kappa shape index (κ3) is 4.63. The number of aromatic nitrogens is 1. The van der Waals surface area contributed by atoms with Gasteiger partial charge in [-0.3, -0.25) is 4.98 Å². The molecule has 4 rings (SSSR count). The number of benzene rings is 1. The minimum absolute atomic E-state index is 0.217. The summed E-state index contributed by atoms with van der Waals surface area (Å²) >= 11 is 0. The van der Waals surface area contributed by atoms with Crippen LogP contribution in [-0.4, -0.2) is 24.7 Å². The lowest BCUT2D eigenvalue weighted by atomic mass is 9.66. The number of nitrogens with two attached hydrogens (primary N) is 1. The molecule has 0 spiro atoms. The zero-order valence-electron chi connectivity index (χ0n) is 17.9. The molecule has 158 valence electrons. The Labute approximate surface area is 180 Å². The van der Waals surface area contributed by atoms with E-state index < -0.39 is 0 Å². The van der Waals surface area contributed by atoms with Crippen molar-refractivity contribution >= 4 is 0 Å². The number of nitrogens with zero attached hydrogens (tertiary/aromatic N) is 1. The predicted octanol–water partition coefficient (Wildman–Crippen LogP) is 4.85.